The molecule has 4 aromatic carbocycles. The summed E-state index contributed by atoms with van der Waals surface area (Å²) >= 11 is 0. The number of ether oxygens (including phenoxy) is 3. The molecule has 0 unspecified atom stereocenters. The summed E-state index contributed by atoms with van der Waals surface area (Å²) in [6.45, 7) is 9.20. The minimum atomic E-state index is -0.670. The number of benzene rings is 4. The fourth-order valence-corrected chi connectivity index (χ4v) is 6.05. The third kappa shape index (κ3) is 8.64. The van der Waals surface area contributed by atoms with Crippen molar-refractivity contribution >= 4 is 17.6 Å². The summed E-state index contributed by atoms with van der Waals surface area (Å²) in [4.78, 5) is 26.6. The Hall–Kier alpha value is -5.21. The Morgan fingerprint density at radius 3 is 2.06 bits per heavy atom. The van der Waals surface area contributed by atoms with Gasteiger partial charge in [-0.3, -0.25) is 4.79 Å². The van der Waals surface area contributed by atoms with Crippen molar-refractivity contribution in [1.29, 1.82) is 0 Å². The van der Waals surface area contributed by atoms with Gasteiger partial charge in [0, 0.05) is 30.0 Å². The quantitative estimate of drug-likeness (QED) is 0.113. The van der Waals surface area contributed by atoms with Crippen molar-refractivity contribution in [2.45, 2.75) is 52.7 Å². The summed E-state index contributed by atoms with van der Waals surface area (Å²) in [7, 11) is 0. The van der Waals surface area contributed by atoms with Gasteiger partial charge in [0.1, 0.15) is 18.2 Å². The molecule has 5 aromatic rings. The molecule has 1 aromatic heterocycles. The normalized spacial score (nSPS) is 11.7. The number of hydrogen-bond donors (Lipinski definition) is 1. The van der Waals surface area contributed by atoms with Gasteiger partial charge in [0.25, 0.3) is 5.91 Å². The molecule has 0 radical (unpaired) electrons. The summed E-state index contributed by atoms with van der Waals surface area (Å²) in [5.74, 6) is -0.303. The number of aromatic nitrogens is 1. The standard InChI is InChI=1S/C41H43FN2O5/c1-5-47-35(41(46)48-6-2)27-29-17-23-34(24-18-29)49-26-25-44-38(28(3)4)37(40(45)43-33-15-11-8-12-16-33)36(30-13-9-7-10-14-30)39(44)31-19-21-32(42)22-20-31/h7-24,28,35H,5-6,25-27H2,1-4H3,(H,43,45)/t35-/m0/s1. The van der Waals surface area contributed by atoms with Crippen LogP contribution in [0.5, 0.6) is 5.75 Å². The Morgan fingerprint density at radius 1 is 0.796 bits per heavy atom. The minimum absolute atomic E-state index is 0.0369. The number of nitrogens with zero attached hydrogens (tertiary/aromatic N) is 1. The maximum absolute atomic E-state index is 14.3. The molecule has 0 aliphatic rings. The smallest absolute Gasteiger partial charge is 0.335 e. The van der Waals surface area contributed by atoms with Gasteiger partial charge in [-0.25, -0.2) is 9.18 Å². The van der Waals surface area contributed by atoms with Crippen molar-refractivity contribution in [2.24, 2.45) is 0 Å². The maximum atomic E-state index is 14.3. The van der Waals surface area contributed by atoms with Crippen LogP contribution in [-0.4, -0.2) is 42.4 Å². The van der Waals surface area contributed by atoms with E-state index in [9.17, 15) is 14.0 Å². The van der Waals surface area contributed by atoms with Gasteiger partial charge < -0.3 is 24.1 Å². The van der Waals surface area contributed by atoms with Crippen LogP contribution < -0.4 is 10.1 Å². The van der Waals surface area contributed by atoms with Gasteiger partial charge in [0.2, 0.25) is 0 Å². The van der Waals surface area contributed by atoms with Crippen LogP contribution in [0.15, 0.2) is 109 Å². The second kappa shape index (κ2) is 16.8. The minimum Gasteiger partial charge on any atom is -0.492 e. The molecular formula is C41H43FN2O5. The average Bonchev–Trinajstić information content (AvgIpc) is 3.45. The molecule has 0 aliphatic carbocycles. The van der Waals surface area contributed by atoms with Crippen molar-refractivity contribution in [3.63, 3.8) is 0 Å². The number of esters is 1. The molecule has 1 amide bonds. The molecule has 0 saturated heterocycles. The Kier molecular flexibility index (Phi) is 12.0. The van der Waals surface area contributed by atoms with E-state index < -0.39 is 6.10 Å². The van der Waals surface area contributed by atoms with E-state index in [2.05, 4.69) is 23.7 Å². The van der Waals surface area contributed by atoms with Crippen LogP contribution in [0.3, 0.4) is 0 Å². The Morgan fingerprint density at radius 2 is 1.45 bits per heavy atom. The fourth-order valence-electron chi connectivity index (χ4n) is 6.05. The van der Waals surface area contributed by atoms with E-state index in [1.807, 2.05) is 91.9 Å². The lowest BCUT2D eigenvalue weighted by Crippen LogP contribution is -2.28. The molecule has 5 rings (SSSR count). The Balaban J connectivity index is 1.50. The second-order valence-corrected chi connectivity index (χ2v) is 11.9. The molecule has 49 heavy (non-hydrogen) atoms. The third-order valence-electron chi connectivity index (χ3n) is 8.13. The first-order valence-corrected chi connectivity index (χ1v) is 16.7. The highest BCUT2D eigenvalue weighted by atomic mass is 19.1. The van der Waals surface area contributed by atoms with E-state index in [1.54, 1.807) is 19.1 Å². The van der Waals surface area contributed by atoms with Crippen LogP contribution in [0.25, 0.3) is 22.4 Å². The third-order valence-corrected chi connectivity index (χ3v) is 8.13. The van der Waals surface area contributed by atoms with Crippen LogP contribution in [0.1, 0.15) is 55.2 Å². The highest BCUT2D eigenvalue weighted by Gasteiger charge is 2.30. The van der Waals surface area contributed by atoms with Crippen molar-refractivity contribution in [3.05, 3.63) is 132 Å². The first kappa shape index (κ1) is 35.1. The SMILES string of the molecule is CCOC(=O)[C@H](Cc1ccc(OCCn2c(-c3ccc(F)cc3)c(-c3ccccc3)c(C(=O)Nc3ccccc3)c2C(C)C)cc1)OCC. The first-order valence-electron chi connectivity index (χ1n) is 16.7. The molecule has 254 valence electrons. The monoisotopic (exact) mass is 662 g/mol. The summed E-state index contributed by atoms with van der Waals surface area (Å²) in [6.07, 6.45) is -0.276. The van der Waals surface area contributed by atoms with Crippen LogP contribution in [0, 0.1) is 5.82 Å². The number of carbonyl (C=O) groups is 2. The second-order valence-electron chi connectivity index (χ2n) is 11.9. The molecular weight excluding hydrogens is 619 g/mol. The average molecular weight is 663 g/mol. The Labute approximate surface area is 287 Å². The van der Waals surface area contributed by atoms with Gasteiger partial charge >= 0.3 is 5.97 Å². The van der Waals surface area contributed by atoms with Crippen molar-refractivity contribution < 1.29 is 28.2 Å². The number of carbonyl (C=O) groups excluding carboxylic acids is 2. The lowest BCUT2D eigenvalue weighted by Gasteiger charge is -2.18. The van der Waals surface area contributed by atoms with Gasteiger partial charge in [-0.15, -0.1) is 0 Å². The molecule has 1 atom stereocenters. The van der Waals surface area contributed by atoms with Gasteiger partial charge in [-0.05, 0) is 85.0 Å². The van der Waals surface area contributed by atoms with Gasteiger partial charge in [-0.1, -0.05) is 74.5 Å². The van der Waals surface area contributed by atoms with E-state index >= 15 is 0 Å². The highest BCUT2D eigenvalue weighted by Crippen LogP contribution is 2.42. The fraction of sp³-hybridized carbons (Fsp3) is 0.268. The zero-order valence-corrected chi connectivity index (χ0v) is 28.4. The van der Waals surface area contributed by atoms with E-state index in [4.69, 9.17) is 14.2 Å². The number of rotatable bonds is 15. The molecule has 0 fully saturated rings. The summed E-state index contributed by atoms with van der Waals surface area (Å²) < 4.78 is 33.4. The lowest BCUT2D eigenvalue weighted by atomic mass is 9.94. The molecule has 8 heteroatoms. The van der Waals surface area contributed by atoms with Crippen LogP contribution in [-0.2, 0) is 27.2 Å². The van der Waals surface area contributed by atoms with E-state index in [-0.39, 0.29) is 23.6 Å². The lowest BCUT2D eigenvalue weighted by molar-refractivity contribution is -0.156. The number of hydrogen-bond acceptors (Lipinski definition) is 5. The maximum Gasteiger partial charge on any atom is 0.335 e. The van der Waals surface area contributed by atoms with Crippen molar-refractivity contribution in [3.8, 4) is 28.1 Å². The van der Waals surface area contributed by atoms with Gasteiger partial charge in [0.05, 0.1) is 24.4 Å². The Bertz CT molecular complexity index is 1820. The van der Waals surface area contributed by atoms with E-state index in [0.717, 1.165) is 33.6 Å². The topological polar surface area (TPSA) is 78.8 Å². The predicted molar refractivity (Wildman–Crippen MR) is 191 cm³/mol. The molecule has 0 saturated carbocycles. The number of anilines is 1. The largest absolute Gasteiger partial charge is 0.492 e. The van der Waals surface area contributed by atoms with Gasteiger partial charge in [-0.2, -0.15) is 0 Å². The zero-order valence-electron chi connectivity index (χ0n) is 28.4. The summed E-state index contributed by atoms with van der Waals surface area (Å²) in [5.41, 5.74) is 6.30. The summed E-state index contributed by atoms with van der Waals surface area (Å²) in [5, 5.41) is 3.11. The number of para-hydroxylation sites is 1. The van der Waals surface area contributed by atoms with Crippen LogP contribution in [0.2, 0.25) is 0 Å². The van der Waals surface area contributed by atoms with Crippen LogP contribution >= 0.6 is 0 Å². The first-order chi connectivity index (χ1) is 23.8. The molecule has 0 bridgehead atoms. The van der Waals surface area contributed by atoms with Gasteiger partial charge in [0.15, 0.2) is 6.10 Å². The van der Waals surface area contributed by atoms with Crippen molar-refractivity contribution in [1.82, 2.24) is 4.57 Å². The highest BCUT2D eigenvalue weighted by molar-refractivity contribution is 6.12. The predicted octanol–water partition coefficient (Wildman–Crippen LogP) is 8.93. The number of halogens is 1. The number of nitrogens with one attached hydrogen (secondary N) is 1. The summed E-state index contributed by atoms with van der Waals surface area (Å²) in [6, 6.07) is 33.2. The van der Waals surface area contributed by atoms with E-state index in [1.165, 1.54) is 12.1 Å². The zero-order chi connectivity index (χ0) is 34.8. The molecule has 7 nitrogen and oxygen atoms in total. The van der Waals surface area contributed by atoms with E-state index in [0.29, 0.717) is 49.8 Å². The molecule has 0 aliphatic heterocycles. The molecule has 1 heterocycles. The van der Waals surface area contributed by atoms with Crippen LogP contribution in [0.4, 0.5) is 10.1 Å². The number of amides is 1. The molecule has 0 spiro atoms. The molecule has 1 N–H and O–H groups in total. The van der Waals surface area contributed by atoms with Crippen molar-refractivity contribution in [2.75, 3.05) is 25.1 Å².